The molecule has 0 aliphatic carbocycles. The van der Waals surface area contributed by atoms with Crippen molar-refractivity contribution in [2.24, 2.45) is 5.73 Å². The molecule has 1 aromatic rings. The second kappa shape index (κ2) is 7.31. The third-order valence-electron chi connectivity index (χ3n) is 3.70. The van der Waals surface area contributed by atoms with Gasteiger partial charge in [0.25, 0.3) is 0 Å². The highest BCUT2D eigenvalue weighted by atomic mass is 16.5. The first-order valence-electron chi connectivity index (χ1n) is 7.41. The highest BCUT2D eigenvalue weighted by Gasteiger charge is 2.20. The largest absolute Gasteiger partial charge is 0.493 e. The summed E-state index contributed by atoms with van der Waals surface area (Å²) in [6.45, 7) is 3.81. The van der Waals surface area contributed by atoms with E-state index >= 15 is 0 Å². The van der Waals surface area contributed by atoms with Crippen LogP contribution in [0.5, 0.6) is 11.5 Å². The molecule has 2 rings (SSSR count). The zero-order chi connectivity index (χ0) is 15.2. The molecule has 5 heteroatoms. The van der Waals surface area contributed by atoms with E-state index in [4.69, 9.17) is 15.2 Å². The lowest BCUT2D eigenvalue weighted by Gasteiger charge is -2.30. The highest BCUT2D eigenvalue weighted by Crippen LogP contribution is 2.27. The smallest absolute Gasteiger partial charge is 0.226 e. The molecule has 116 valence electrons. The van der Waals surface area contributed by atoms with Gasteiger partial charge in [0.15, 0.2) is 11.5 Å². The number of hydrogen-bond acceptors (Lipinski definition) is 4. The van der Waals surface area contributed by atoms with Gasteiger partial charge in [0, 0.05) is 19.1 Å². The number of methoxy groups -OCH3 is 1. The lowest BCUT2D eigenvalue weighted by molar-refractivity contribution is -0.132. The second-order valence-electron chi connectivity index (χ2n) is 5.49. The Morgan fingerprint density at radius 1 is 1.43 bits per heavy atom. The molecule has 0 bridgehead atoms. The molecule has 0 unspecified atom stereocenters. The van der Waals surface area contributed by atoms with Crippen LogP contribution in [0.1, 0.15) is 24.8 Å². The van der Waals surface area contributed by atoms with Gasteiger partial charge in [-0.2, -0.15) is 0 Å². The van der Waals surface area contributed by atoms with E-state index < -0.39 is 0 Å². The zero-order valence-corrected chi connectivity index (χ0v) is 12.8. The average Bonchev–Trinajstić information content (AvgIpc) is 2.48. The van der Waals surface area contributed by atoms with Crippen LogP contribution in [0.2, 0.25) is 0 Å². The van der Waals surface area contributed by atoms with Gasteiger partial charge >= 0.3 is 0 Å². The summed E-state index contributed by atoms with van der Waals surface area (Å²) in [6, 6.07) is 5.86. The third kappa shape index (κ3) is 4.36. The fourth-order valence-electron chi connectivity index (χ4n) is 2.54. The van der Waals surface area contributed by atoms with Crippen molar-refractivity contribution in [1.82, 2.24) is 4.90 Å². The van der Waals surface area contributed by atoms with Gasteiger partial charge in [-0.05, 0) is 37.5 Å². The summed E-state index contributed by atoms with van der Waals surface area (Å²) in [5.41, 5.74) is 7.00. The molecular weight excluding hydrogens is 268 g/mol. The zero-order valence-electron chi connectivity index (χ0n) is 12.8. The summed E-state index contributed by atoms with van der Waals surface area (Å²) < 4.78 is 10.9. The van der Waals surface area contributed by atoms with Crippen molar-refractivity contribution in [3.05, 3.63) is 23.8 Å². The van der Waals surface area contributed by atoms with E-state index in [-0.39, 0.29) is 11.9 Å². The predicted molar refractivity (Wildman–Crippen MR) is 81.6 cm³/mol. The van der Waals surface area contributed by atoms with E-state index in [1.165, 1.54) is 0 Å². The maximum atomic E-state index is 12.1. The number of nitrogens with zero attached hydrogens (tertiary/aromatic N) is 1. The van der Waals surface area contributed by atoms with Gasteiger partial charge in [-0.1, -0.05) is 6.07 Å². The average molecular weight is 292 g/mol. The molecule has 1 aromatic carbocycles. The minimum atomic E-state index is 0.108. The van der Waals surface area contributed by atoms with Crippen LogP contribution in [0.25, 0.3) is 0 Å². The van der Waals surface area contributed by atoms with Gasteiger partial charge in [0.05, 0.1) is 20.1 Å². The van der Waals surface area contributed by atoms with Crippen molar-refractivity contribution in [2.45, 2.75) is 32.2 Å². The summed E-state index contributed by atoms with van der Waals surface area (Å²) in [6.07, 6.45) is 2.35. The summed E-state index contributed by atoms with van der Waals surface area (Å²) in [5, 5.41) is 0. The third-order valence-corrected chi connectivity index (χ3v) is 3.70. The van der Waals surface area contributed by atoms with Crippen LogP contribution in [0.15, 0.2) is 18.2 Å². The van der Waals surface area contributed by atoms with Crippen LogP contribution in [0.4, 0.5) is 0 Å². The predicted octanol–water partition coefficient (Wildman–Crippen LogP) is 1.72. The summed E-state index contributed by atoms with van der Waals surface area (Å²) >= 11 is 0. The molecule has 1 aliphatic heterocycles. The Hall–Kier alpha value is -1.75. The molecule has 1 heterocycles. The Bertz CT molecular complexity index is 490. The Balaban J connectivity index is 1.82. The topological polar surface area (TPSA) is 64.8 Å². The molecule has 1 atom stereocenters. The maximum Gasteiger partial charge on any atom is 0.226 e. The van der Waals surface area contributed by atoms with Crippen molar-refractivity contribution in [3.8, 4) is 11.5 Å². The number of piperidine rings is 1. The Kier molecular flexibility index (Phi) is 5.44. The molecule has 21 heavy (non-hydrogen) atoms. The van der Waals surface area contributed by atoms with Gasteiger partial charge in [-0.3, -0.25) is 4.79 Å². The van der Waals surface area contributed by atoms with E-state index in [1.54, 1.807) is 7.11 Å². The fraction of sp³-hybridized carbons (Fsp3) is 0.562. The standard InChI is InChI=1S/C16H24N2O3/c1-12-5-6-14(15(10-12)20-2)21-9-7-16(19)18-8-3-4-13(17)11-18/h5-6,10,13H,3-4,7-9,11,17H2,1-2H3/t13-/m1/s1. The van der Waals surface area contributed by atoms with E-state index in [9.17, 15) is 4.79 Å². The molecule has 2 N–H and O–H groups in total. The Morgan fingerprint density at radius 2 is 2.24 bits per heavy atom. The van der Waals surface area contributed by atoms with Crippen molar-refractivity contribution < 1.29 is 14.3 Å². The number of likely N-dealkylation sites (tertiary alicyclic amines) is 1. The van der Waals surface area contributed by atoms with Gasteiger partial charge < -0.3 is 20.1 Å². The number of hydrogen-bond donors (Lipinski definition) is 1. The first-order valence-corrected chi connectivity index (χ1v) is 7.41. The SMILES string of the molecule is COc1cc(C)ccc1OCCC(=O)N1CCC[C@@H](N)C1. The lowest BCUT2D eigenvalue weighted by atomic mass is 10.1. The molecule has 1 fully saturated rings. The summed E-state index contributed by atoms with van der Waals surface area (Å²) in [5.74, 6) is 1.48. The van der Waals surface area contributed by atoms with Gasteiger partial charge in [-0.25, -0.2) is 0 Å². The van der Waals surface area contributed by atoms with Gasteiger partial charge in [-0.15, -0.1) is 0 Å². The van der Waals surface area contributed by atoms with Crippen molar-refractivity contribution in [3.63, 3.8) is 0 Å². The quantitative estimate of drug-likeness (QED) is 0.897. The van der Waals surface area contributed by atoms with Crippen molar-refractivity contribution in [1.29, 1.82) is 0 Å². The number of ether oxygens (including phenoxy) is 2. The molecular formula is C16H24N2O3. The number of rotatable bonds is 5. The first-order chi connectivity index (χ1) is 10.1. The molecule has 0 spiro atoms. The number of aryl methyl sites for hydroxylation is 1. The van der Waals surface area contributed by atoms with Crippen LogP contribution < -0.4 is 15.2 Å². The van der Waals surface area contributed by atoms with Gasteiger partial charge in [0.1, 0.15) is 0 Å². The number of benzene rings is 1. The van der Waals surface area contributed by atoms with E-state index in [1.807, 2.05) is 30.0 Å². The number of carbonyl (C=O) groups is 1. The molecule has 1 amide bonds. The van der Waals surface area contributed by atoms with E-state index in [2.05, 4.69) is 0 Å². The fourth-order valence-corrected chi connectivity index (χ4v) is 2.54. The number of carbonyl (C=O) groups excluding carboxylic acids is 1. The number of nitrogens with two attached hydrogens (primary N) is 1. The van der Waals surface area contributed by atoms with Crippen LogP contribution in [0.3, 0.4) is 0 Å². The molecule has 0 saturated carbocycles. The monoisotopic (exact) mass is 292 g/mol. The van der Waals surface area contributed by atoms with Crippen molar-refractivity contribution >= 4 is 5.91 Å². The second-order valence-corrected chi connectivity index (χ2v) is 5.49. The normalized spacial score (nSPS) is 18.4. The molecule has 0 radical (unpaired) electrons. The summed E-state index contributed by atoms with van der Waals surface area (Å²) in [7, 11) is 1.61. The highest BCUT2D eigenvalue weighted by molar-refractivity contribution is 5.76. The van der Waals surface area contributed by atoms with E-state index in [0.717, 1.165) is 24.9 Å². The molecule has 0 aromatic heterocycles. The van der Waals surface area contributed by atoms with Crippen LogP contribution in [-0.2, 0) is 4.79 Å². The lowest BCUT2D eigenvalue weighted by Crippen LogP contribution is -2.46. The van der Waals surface area contributed by atoms with Crippen LogP contribution in [-0.4, -0.2) is 43.7 Å². The van der Waals surface area contributed by atoms with Crippen LogP contribution >= 0.6 is 0 Å². The van der Waals surface area contributed by atoms with E-state index in [0.29, 0.717) is 31.1 Å². The summed E-state index contributed by atoms with van der Waals surface area (Å²) in [4.78, 5) is 13.9. The Labute approximate surface area is 126 Å². The maximum absolute atomic E-state index is 12.1. The minimum absolute atomic E-state index is 0.108. The Morgan fingerprint density at radius 3 is 2.95 bits per heavy atom. The molecule has 5 nitrogen and oxygen atoms in total. The van der Waals surface area contributed by atoms with Gasteiger partial charge in [0.2, 0.25) is 5.91 Å². The van der Waals surface area contributed by atoms with Crippen LogP contribution in [0, 0.1) is 6.92 Å². The minimum Gasteiger partial charge on any atom is -0.493 e. The molecule has 1 saturated heterocycles. The number of amides is 1. The first kappa shape index (κ1) is 15.6. The van der Waals surface area contributed by atoms with Crippen molar-refractivity contribution in [2.75, 3.05) is 26.8 Å². The molecule has 1 aliphatic rings.